The minimum absolute atomic E-state index is 0.159. The minimum Gasteiger partial charge on any atom is -0.324 e. The number of fused-ring (bicyclic) bond motifs is 1. The molecule has 0 saturated carbocycles. The smallest absolute Gasteiger partial charge is 0.225 e. The molecular weight excluding hydrogens is 381 g/mol. The summed E-state index contributed by atoms with van der Waals surface area (Å²) in [4.78, 5) is 14.4. The first-order valence-electron chi connectivity index (χ1n) is 9.37. The maximum absolute atomic E-state index is 13.8. The standard InChI is InChI=1S/C20H21ClFN5O/c21-15-4-5-17(16(22)13-15)23-19(28)8-12-26-10-6-14(7-11-26)20-25-24-18-3-1-2-9-27(18)20/h1-5,9,13-14H,6-8,10-12H2,(H,23,28). The summed E-state index contributed by atoms with van der Waals surface area (Å²) in [6.07, 6.45) is 4.27. The van der Waals surface area contributed by atoms with Gasteiger partial charge in [-0.05, 0) is 56.3 Å². The van der Waals surface area contributed by atoms with Gasteiger partial charge >= 0.3 is 0 Å². The first kappa shape index (κ1) is 18.8. The number of likely N-dealkylation sites (tertiary alicyclic amines) is 1. The van der Waals surface area contributed by atoms with Gasteiger partial charge in [-0.3, -0.25) is 9.20 Å². The van der Waals surface area contributed by atoms with Gasteiger partial charge in [0.2, 0.25) is 5.91 Å². The van der Waals surface area contributed by atoms with Crippen molar-refractivity contribution in [2.45, 2.75) is 25.2 Å². The highest BCUT2D eigenvalue weighted by Crippen LogP contribution is 2.27. The minimum atomic E-state index is -0.526. The lowest BCUT2D eigenvalue weighted by atomic mass is 9.96. The van der Waals surface area contributed by atoms with Crippen molar-refractivity contribution in [3.05, 3.63) is 59.3 Å². The van der Waals surface area contributed by atoms with Crippen LogP contribution in [0.5, 0.6) is 0 Å². The third kappa shape index (κ3) is 4.15. The van der Waals surface area contributed by atoms with Gasteiger partial charge < -0.3 is 10.2 Å². The Morgan fingerprint density at radius 3 is 2.82 bits per heavy atom. The zero-order valence-corrected chi connectivity index (χ0v) is 16.1. The Bertz CT molecular complexity index is 984. The van der Waals surface area contributed by atoms with Gasteiger partial charge in [0.05, 0.1) is 5.69 Å². The van der Waals surface area contributed by atoms with Crippen LogP contribution in [0.25, 0.3) is 5.65 Å². The molecule has 1 saturated heterocycles. The fourth-order valence-electron chi connectivity index (χ4n) is 3.62. The van der Waals surface area contributed by atoms with Crippen molar-refractivity contribution in [3.63, 3.8) is 0 Å². The number of anilines is 1. The van der Waals surface area contributed by atoms with Crippen molar-refractivity contribution in [1.29, 1.82) is 0 Å². The van der Waals surface area contributed by atoms with E-state index in [1.165, 1.54) is 12.1 Å². The van der Waals surface area contributed by atoms with E-state index in [4.69, 9.17) is 11.6 Å². The molecule has 28 heavy (non-hydrogen) atoms. The van der Waals surface area contributed by atoms with E-state index in [9.17, 15) is 9.18 Å². The molecular formula is C20H21ClFN5O. The molecule has 4 rings (SSSR count). The van der Waals surface area contributed by atoms with E-state index in [0.717, 1.165) is 37.4 Å². The highest BCUT2D eigenvalue weighted by Gasteiger charge is 2.24. The van der Waals surface area contributed by atoms with Crippen LogP contribution in [0, 0.1) is 5.82 Å². The Balaban J connectivity index is 1.27. The Kier molecular flexibility index (Phi) is 5.54. The van der Waals surface area contributed by atoms with Crippen molar-refractivity contribution in [1.82, 2.24) is 19.5 Å². The summed E-state index contributed by atoms with van der Waals surface area (Å²) in [5.41, 5.74) is 1.03. The Morgan fingerprint density at radius 1 is 1.21 bits per heavy atom. The summed E-state index contributed by atoms with van der Waals surface area (Å²) in [7, 11) is 0. The van der Waals surface area contributed by atoms with Crippen molar-refractivity contribution >= 4 is 28.8 Å². The normalized spacial score (nSPS) is 15.8. The first-order valence-corrected chi connectivity index (χ1v) is 9.75. The zero-order chi connectivity index (χ0) is 19.5. The van der Waals surface area contributed by atoms with Crippen LogP contribution in [0.15, 0.2) is 42.6 Å². The molecule has 1 aliphatic rings. The quantitative estimate of drug-likeness (QED) is 0.707. The van der Waals surface area contributed by atoms with Crippen LogP contribution in [0.1, 0.15) is 31.0 Å². The molecule has 1 aliphatic heterocycles. The van der Waals surface area contributed by atoms with Gasteiger partial charge in [0.1, 0.15) is 11.6 Å². The highest BCUT2D eigenvalue weighted by atomic mass is 35.5. The van der Waals surface area contributed by atoms with E-state index in [1.54, 1.807) is 6.07 Å². The van der Waals surface area contributed by atoms with Crippen LogP contribution < -0.4 is 5.32 Å². The zero-order valence-electron chi connectivity index (χ0n) is 15.3. The van der Waals surface area contributed by atoms with Gasteiger partial charge in [0, 0.05) is 30.1 Å². The summed E-state index contributed by atoms with van der Waals surface area (Å²) >= 11 is 5.73. The molecule has 0 radical (unpaired) electrons. The largest absolute Gasteiger partial charge is 0.324 e. The maximum atomic E-state index is 13.8. The van der Waals surface area contributed by atoms with Crippen LogP contribution in [-0.2, 0) is 4.79 Å². The van der Waals surface area contributed by atoms with Gasteiger partial charge in [-0.1, -0.05) is 17.7 Å². The van der Waals surface area contributed by atoms with E-state index >= 15 is 0 Å². The molecule has 146 valence electrons. The second-order valence-corrected chi connectivity index (χ2v) is 7.46. The third-order valence-electron chi connectivity index (χ3n) is 5.15. The number of piperidine rings is 1. The highest BCUT2D eigenvalue weighted by molar-refractivity contribution is 6.30. The summed E-state index contributed by atoms with van der Waals surface area (Å²) < 4.78 is 15.8. The SMILES string of the molecule is O=C(CCN1CCC(c2nnc3ccccn23)CC1)Nc1ccc(Cl)cc1F. The number of hydrogen-bond acceptors (Lipinski definition) is 4. The molecule has 0 atom stereocenters. The van der Waals surface area contributed by atoms with E-state index in [2.05, 4.69) is 24.8 Å². The molecule has 3 heterocycles. The average molecular weight is 402 g/mol. The second-order valence-electron chi connectivity index (χ2n) is 7.03. The van der Waals surface area contributed by atoms with Gasteiger partial charge in [-0.15, -0.1) is 10.2 Å². The van der Waals surface area contributed by atoms with Crippen LogP contribution in [0.2, 0.25) is 5.02 Å². The summed E-state index contributed by atoms with van der Waals surface area (Å²) in [5, 5.41) is 11.5. The third-order valence-corrected chi connectivity index (χ3v) is 5.39. The number of carbonyl (C=O) groups is 1. The van der Waals surface area contributed by atoms with Crippen molar-refractivity contribution in [3.8, 4) is 0 Å². The molecule has 1 aromatic carbocycles. The van der Waals surface area contributed by atoms with Gasteiger partial charge in [-0.25, -0.2) is 4.39 Å². The number of nitrogens with one attached hydrogen (secondary N) is 1. The maximum Gasteiger partial charge on any atom is 0.225 e. The molecule has 0 aliphatic carbocycles. The topological polar surface area (TPSA) is 62.5 Å². The average Bonchev–Trinajstić information content (AvgIpc) is 3.13. The number of hydrogen-bond donors (Lipinski definition) is 1. The lowest BCUT2D eigenvalue weighted by molar-refractivity contribution is -0.116. The molecule has 0 spiro atoms. The molecule has 1 fully saturated rings. The number of rotatable bonds is 5. The van der Waals surface area contributed by atoms with Crippen LogP contribution >= 0.6 is 11.6 Å². The number of nitrogens with zero attached hydrogens (tertiary/aromatic N) is 4. The van der Waals surface area contributed by atoms with Gasteiger partial charge in [0.25, 0.3) is 0 Å². The van der Waals surface area contributed by atoms with Crippen molar-refractivity contribution in [2.24, 2.45) is 0 Å². The van der Waals surface area contributed by atoms with E-state index in [-0.39, 0.29) is 11.6 Å². The monoisotopic (exact) mass is 401 g/mol. The lowest BCUT2D eigenvalue weighted by Crippen LogP contribution is -2.35. The Morgan fingerprint density at radius 2 is 2.04 bits per heavy atom. The number of halogens is 2. The lowest BCUT2D eigenvalue weighted by Gasteiger charge is -2.30. The fraction of sp³-hybridized carbons (Fsp3) is 0.350. The summed E-state index contributed by atoms with van der Waals surface area (Å²) in [5.74, 6) is 0.644. The van der Waals surface area contributed by atoms with Crippen molar-refractivity contribution < 1.29 is 9.18 Å². The molecule has 2 aromatic heterocycles. The number of pyridine rings is 1. The Labute approximate surface area is 167 Å². The number of benzene rings is 1. The first-order chi connectivity index (χ1) is 13.6. The van der Waals surface area contributed by atoms with E-state index < -0.39 is 5.82 Å². The molecule has 6 nitrogen and oxygen atoms in total. The van der Waals surface area contributed by atoms with E-state index in [0.29, 0.717) is 23.9 Å². The predicted molar refractivity (Wildman–Crippen MR) is 106 cm³/mol. The van der Waals surface area contributed by atoms with Crippen LogP contribution in [-0.4, -0.2) is 45.0 Å². The number of aromatic nitrogens is 3. The number of amides is 1. The molecule has 1 amide bonds. The van der Waals surface area contributed by atoms with Crippen molar-refractivity contribution in [2.75, 3.05) is 25.0 Å². The molecule has 1 N–H and O–H groups in total. The predicted octanol–water partition coefficient (Wildman–Crippen LogP) is 3.73. The second kappa shape index (κ2) is 8.24. The van der Waals surface area contributed by atoms with Crippen LogP contribution in [0.4, 0.5) is 10.1 Å². The number of carbonyl (C=O) groups excluding carboxylic acids is 1. The molecule has 0 unspecified atom stereocenters. The Hall–Kier alpha value is -2.51. The summed E-state index contributed by atoms with van der Waals surface area (Å²) in [6, 6.07) is 10.1. The fourth-order valence-corrected chi connectivity index (χ4v) is 3.78. The van der Waals surface area contributed by atoms with Gasteiger partial charge in [-0.2, -0.15) is 0 Å². The molecule has 0 bridgehead atoms. The van der Waals surface area contributed by atoms with Gasteiger partial charge in [0.15, 0.2) is 5.65 Å². The van der Waals surface area contributed by atoms with E-state index in [1.807, 2.05) is 24.4 Å². The molecule has 8 heteroatoms. The van der Waals surface area contributed by atoms with Crippen LogP contribution in [0.3, 0.4) is 0 Å². The summed E-state index contributed by atoms with van der Waals surface area (Å²) in [6.45, 7) is 2.44. The molecule has 3 aromatic rings.